The number of methoxy groups -OCH3 is 1. The summed E-state index contributed by atoms with van der Waals surface area (Å²) in [5, 5.41) is 14.2. The van der Waals surface area contributed by atoms with Crippen LogP contribution in [0.1, 0.15) is 12.0 Å². The monoisotopic (exact) mass is 349 g/mol. The molecule has 1 saturated heterocycles. The van der Waals surface area contributed by atoms with Crippen molar-refractivity contribution in [3.05, 3.63) is 34.7 Å². The molecule has 24 heavy (non-hydrogen) atoms. The average molecular weight is 349 g/mol. The number of esters is 1. The summed E-state index contributed by atoms with van der Waals surface area (Å²) in [6.07, 6.45) is -0.241. The molecule has 1 aromatic carbocycles. The second-order valence-corrected chi connectivity index (χ2v) is 6.23. The summed E-state index contributed by atoms with van der Waals surface area (Å²) >= 11 is 5.22. The number of hydrogen-bond acceptors (Lipinski definition) is 7. The minimum absolute atomic E-state index is 0.218. The molecule has 1 aliphatic rings. The van der Waals surface area contributed by atoms with Crippen LogP contribution in [0.3, 0.4) is 0 Å². The minimum Gasteiger partial charge on any atom is -0.468 e. The van der Waals surface area contributed by atoms with Gasteiger partial charge in [-0.05, 0) is 31.3 Å². The van der Waals surface area contributed by atoms with Gasteiger partial charge in [0.1, 0.15) is 6.04 Å². The van der Waals surface area contributed by atoms with Crippen LogP contribution in [0.2, 0.25) is 0 Å². The molecule has 7 nitrogen and oxygen atoms in total. The van der Waals surface area contributed by atoms with Crippen molar-refractivity contribution in [3.63, 3.8) is 0 Å². The van der Waals surface area contributed by atoms with Crippen LogP contribution in [0.5, 0.6) is 0 Å². The number of carbonyl (C=O) groups excluding carboxylic acids is 1. The predicted octanol–water partition coefficient (Wildman–Crippen LogP) is 1.75. The molecule has 1 aliphatic heterocycles. The van der Waals surface area contributed by atoms with E-state index in [-0.39, 0.29) is 17.5 Å². The van der Waals surface area contributed by atoms with E-state index < -0.39 is 12.1 Å². The third-order valence-electron chi connectivity index (χ3n) is 4.08. The Labute approximate surface area is 144 Å². The van der Waals surface area contributed by atoms with Gasteiger partial charge in [-0.25, -0.2) is 4.68 Å². The Balaban J connectivity index is 1.81. The van der Waals surface area contributed by atoms with Gasteiger partial charge in [-0.15, -0.1) is 5.10 Å². The fraction of sp³-hybridized carbons (Fsp3) is 0.438. The van der Waals surface area contributed by atoms with E-state index >= 15 is 0 Å². The topological polar surface area (TPSA) is 80.7 Å². The molecule has 2 atom stereocenters. The van der Waals surface area contributed by atoms with E-state index in [1.54, 1.807) is 4.90 Å². The lowest BCUT2D eigenvalue weighted by Gasteiger charge is -2.21. The minimum atomic E-state index is -0.577. The molecule has 1 N–H and O–H groups in total. The van der Waals surface area contributed by atoms with E-state index in [0.29, 0.717) is 18.9 Å². The van der Waals surface area contributed by atoms with Crippen LogP contribution < -0.4 is 0 Å². The number of aliphatic hydroxyl groups excluding tert-OH is 1. The van der Waals surface area contributed by atoms with Crippen LogP contribution in [0.4, 0.5) is 0 Å². The number of β-amino-alcohol motifs (C(OH)–C–C–N with tert-alkyl or cyclic N) is 1. The van der Waals surface area contributed by atoms with Crippen molar-refractivity contribution in [2.45, 2.75) is 32.2 Å². The molecule has 0 aliphatic carbocycles. The smallest absolute Gasteiger partial charge is 0.323 e. The molecule has 1 fully saturated rings. The number of nitrogens with zero attached hydrogens (tertiary/aromatic N) is 3. The van der Waals surface area contributed by atoms with Gasteiger partial charge in [0, 0.05) is 18.5 Å². The van der Waals surface area contributed by atoms with Crippen molar-refractivity contribution in [2.24, 2.45) is 0 Å². The van der Waals surface area contributed by atoms with E-state index in [0.717, 1.165) is 11.1 Å². The first-order chi connectivity index (χ1) is 11.5. The molecule has 8 heteroatoms. The normalized spacial score (nSPS) is 21.1. The summed E-state index contributed by atoms with van der Waals surface area (Å²) < 4.78 is 11.9. The standard InChI is InChI=1S/C16H19N3O4S/c1-10-3-5-11(6-4-10)14-17-19(16(24)23-14)9-18-8-12(20)7-13(18)15(21)22-2/h3-6,12-13,20H,7-9H2,1-2H3/t12-,13-/m0/s1. The van der Waals surface area contributed by atoms with Crippen LogP contribution in [-0.4, -0.2) is 51.6 Å². The first kappa shape index (κ1) is 16.8. The summed E-state index contributed by atoms with van der Waals surface area (Å²) in [4.78, 5) is 13.9. The zero-order valence-electron chi connectivity index (χ0n) is 13.5. The molecule has 3 rings (SSSR count). The SMILES string of the molecule is COC(=O)[C@@H]1C[C@H](O)CN1Cn1nc(-c2ccc(C)cc2)oc1=S. The molecular weight excluding hydrogens is 330 g/mol. The van der Waals surface area contributed by atoms with Crippen molar-refractivity contribution in [3.8, 4) is 11.5 Å². The summed E-state index contributed by atoms with van der Waals surface area (Å²) in [7, 11) is 1.34. The third-order valence-corrected chi connectivity index (χ3v) is 4.37. The van der Waals surface area contributed by atoms with Gasteiger partial charge in [-0.3, -0.25) is 9.69 Å². The zero-order chi connectivity index (χ0) is 17.3. The van der Waals surface area contributed by atoms with Gasteiger partial charge < -0.3 is 14.3 Å². The van der Waals surface area contributed by atoms with E-state index in [9.17, 15) is 9.90 Å². The van der Waals surface area contributed by atoms with E-state index in [2.05, 4.69) is 5.10 Å². The maximum Gasteiger partial charge on any atom is 0.323 e. The molecule has 2 aromatic rings. The third kappa shape index (κ3) is 3.40. The number of rotatable bonds is 4. The quantitative estimate of drug-likeness (QED) is 0.665. The number of ether oxygens (including phenoxy) is 1. The average Bonchev–Trinajstić information content (AvgIpc) is 3.11. The maximum absolute atomic E-state index is 11.8. The van der Waals surface area contributed by atoms with E-state index in [1.807, 2.05) is 31.2 Å². The molecule has 128 valence electrons. The van der Waals surface area contributed by atoms with Gasteiger partial charge >= 0.3 is 5.97 Å². The van der Waals surface area contributed by atoms with Crippen LogP contribution in [0.15, 0.2) is 28.7 Å². The number of aliphatic hydroxyl groups is 1. The summed E-state index contributed by atoms with van der Waals surface area (Å²) in [5.41, 5.74) is 1.97. The Morgan fingerprint density at radius 1 is 1.46 bits per heavy atom. The lowest BCUT2D eigenvalue weighted by Crippen LogP contribution is -2.38. The molecule has 1 aromatic heterocycles. The Bertz CT molecular complexity index is 783. The molecule has 0 amide bonds. The zero-order valence-corrected chi connectivity index (χ0v) is 14.3. The van der Waals surface area contributed by atoms with E-state index in [4.69, 9.17) is 21.4 Å². The molecule has 0 saturated carbocycles. The van der Waals surface area contributed by atoms with Crippen molar-refractivity contribution < 1.29 is 19.1 Å². The van der Waals surface area contributed by atoms with Crippen LogP contribution in [-0.2, 0) is 16.2 Å². The van der Waals surface area contributed by atoms with Gasteiger partial charge in [0.15, 0.2) is 0 Å². The molecular formula is C16H19N3O4S. The molecule has 0 radical (unpaired) electrons. The number of carbonyl (C=O) groups is 1. The highest BCUT2D eigenvalue weighted by molar-refractivity contribution is 7.71. The Morgan fingerprint density at radius 2 is 2.17 bits per heavy atom. The number of aryl methyl sites for hydroxylation is 1. The lowest BCUT2D eigenvalue weighted by molar-refractivity contribution is -0.146. The largest absolute Gasteiger partial charge is 0.468 e. The predicted molar refractivity (Wildman–Crippen MR) is 88.6 cm³/mol. The molecule has 2 heterocycles. The Hall–Kier alpha value is -2.03. The summed E-state index contributed by atoms with van der Waals surface area (Å²) in [6.45, 7) is 2.61. The van der Waals surface area contributed by atoms with Gasteiger partial charge in [0.25, 0.3) is 4.84 Å². The number of hydrogen-bond donors (Lipinski definition) is 1. The number of benzene rings is 1. The van der Waals surface area contributed by atoms with Crippen molar-refractivity contribution in [1.82, 2.24) is 14.7 Å². The molecule has 0 unspecified atom stereocenters. The van der Waals surface area contributed by atoms with Crippen molar-refractivity contribution >= 4 is 18.2 Å². The fourth-order valence-corrected chi connectivity index (χ4v) is 2.97. The Morgan fingerprint density at radius 3 is 2.83 bits per heavy atom. The molecule has 0 bridgehead atoms. The maximum atomic E-state index is 11.8. The second-order valence-electron chi connectivity index (χ2n) is 5.88. The summed E-state index contributed by atoms with van der Waals surface area (Å²) in [5.74, 6) is 0.0506. The summed E-state index contributed by atoms with van der Waals surface area (Å²) in [6, 6.07) is 7.26. The highest BCUT2D eigenvalue weighted by atomic mass is 32.1. The number of likely N-dealkylation sites (tertiary alicyclic amines) is 1. The fourth-order valence-electron chi connectivity index (χ4n) is 2.80. The van der Waals surface area contributed by atoms with Crippen LogP contribution in [0, 0.1) is 11.8 Å². The lowest BCUT2D eigenvalue weighted by atomic mass is 10.1. The van der Waals surface area contributed by atoms with E-state index in [1.165, 1.54) is 11.8 Å². The second kappa shape index (κ2) is 6.84. The van der Waals surface area contributed by atoms with Crippen LogP contribution in [0.25, 0.3) is 11.5 Å². The van der Waals surface area contributed by atoms with Crippen molar-refractivity contribution in [1.29, 1.82) is 0 Å². The molecule has 0 spiro atoms. The first-order valence-corrected chi connectivity index (χ1v) is 8.03. The number of aromatic nitrogens is 2. The highest BCUT2D eigenvalue weighted by Crippen LogP contribution is 2.22. The highest BCUT2D eigenvalue weighted by Gasteiger charge is 2.37. The van der Waals surface area contributed by atoms with Gasteiger partial charge in [-0.1, -0.05) is 17.7 Å². The first-order valence-electron chi connectivity index (χ1n) is 7.63. The van der Waals surface area contributed by atoms with Crippen molar-refractivity contribution in [2.75, 3.05) is 13.7 Å². The Kier molecular flexibility index (Phi) is 4.79. The van der Waals surface area contributed by atoms with Crippen LogP contribution >= 0.6 is 12.2 Å². The van der Waals surface area contributed by atoms with Gasteiger partial charge in [0.05, 0.1) is 19.9 Å². The van der Waals surface area contributed by atoms with Gasteiger partial charge in [-0.2, -0.15) is 0 Å². The van der Waals surface area contributed by atoms with Gasteiger partial charge in [0.2, 0.25) is 5.89 Å².